The van der Waals surface area contributed by atoms with Gasteiger partial charge in [-0.15, -0.1) is 0 Å². The predicted molar refractivity (Wildman–Crippen MR) is 122 cm³/mol. The van der Waals surface area contributed by atoms with Gasteiger partial charge in [0, 0.05) is 23.0 Å². The third kappa shape index (κ3) is 5.06. The smallest absolute Gasteiger partial charge is 0.331 e. The topological polar surface area (TPSA) is 123 Å². The van der Waals surface area contributed by atoms with Gasteiger partial charge in [0.25, 0.3) is 5.91 Å². The Labute approximate surface area is 194 Å². The number of urea groups is 1. The number of hydrogen-bond acceptors (Lipinski definition) is 6. The van der Waals surface area contributed by atoms with Gasteiger partial charge in [-0.25, -0.2) is 14.0 Å². The van der Waals surface area contributed by atoms with Crippen LogP contribution >= 0.6 is 0 Å². The first kappa shape index (κ1) is 23.0. The van der Waals surface area contributed by atoms with E-state index in [9.17, 15) is 18.8 Å². The summed E-state index contributed by atoms with van der Waals surface area (Å²) in [5, 5.41) is 12.0. The van der Waals surface area contributed by atoms with Crippen LogP contribution in [0.3, 0.4) is 0 Å². The van der Waals surface area contributed by atoms with Crippen LogP contribution in [0.1, 0.15) is 36.2 Å². The molecule has 1 heterocycles. The maximum absolute atomic E-state index is 13.0. The van der Waals surface area contributed by atoms with Crippen molar-refractivity contribution in [2.75, 3.05) is 17.7 Å². The number of aromatic nitrogens is 1. The number of amides is 3. The van der Waals surface area contributed by atoms with Crippen LogP contribution < -0.4 is 16.0 Å². The number of benzene rings is 2. The third-order valence-corrected chi connectivity index (χ3v) is 5.66. The Bertz CT molecular complexity index is 1180. The van der Waals surface area contributed by atoms with Gasteiger partial charge in [0.2, 0.25) is 5.76 Å². The summed E-state index contributed by atoms with van der Waals surface area (Å²) in [6.45, 7) is 0. The second-order valence-electron chi connectivity index (χ2n) is 7.97. The fourth-order valence-corrected chi connectivity index (χ4v) is 3.90. The van der Waals surface area contributed by atoms with Gasteiger partial charge in [-0.1, -0.05) is 30.1 Å². The summed E-state index contributed by atoms with van der Waals surface area (Å²) < 4.78 is 23.0. The van der Waals surface area contributed by atoms with Crippen molar-refractivity contribution in [3.8, 4) is 11.3 Å². The van der Waals surface area contributed by atoms with Crippen LogP contribution in [0.5, 0.6) is 0 Å². The van der Waals surface area contributed by atoms with E-state index in [0.717, 1.165) is 12.8 Å². The van der Waals surface area contributed by atoms with E-state index in [0.29, 0.717) is 35.5 Å². The van der Waals surface area contributed by atoms with E-state index in [1.807, 2.05) is 0 Å². The first-order valence-corrected chi connectivity index (χ1v) is 10.7. The van der Waals surface area contributed by atoms with E-state index in [4.69, 9.17) is 9.26 Å². The Hall–Kier alpha value is -4.21. The molecule has 1 aliphatic carbocycles. The SMILES string of the molecule is COC(=O)C1(NC(=O)c2cc(-c3ccc(NC(=O)Nc4ccc(F)cc4)cc3)no2)CCCC1. The van der Waals surface area contributed by atoms with Gasteiger partial charge >= 0.3 is 12.0 Å². The molecule has 3 aromatic rings. The van der Waals surface area contributed by atoms with Crippen molar-refractivity contribution in [3.63, 3.8) is 0 Å². The van der Waals surface area contributed by atoms with Gasteiger partial charge in [-0.2, -0.15) is 0 Å². The van der Waals surface area contributed by atoms with Crippen LogP contribution in [0, 0.1) is 5.82 Å². The Kier molecular flexibility index (Phi) is 6.58. The van der Waals surface area contributed by atoms with Crippen molar-refractivity contribution in [2.45, 2.75) is 31.2 Å². The van der Waals surface area contributed by atoms with Gasteiger partial charge < -0.3 is 25.2 Å². The maximum Gasteiger partial charge on any atom is 0.331 e. The van der Waals surface area contributed by atoms with Gasteiger partial charge in [0.1, 0.15) is 17.1 Å². The molecule has 34 heavy (non-hydrogen) atoms. The number of halogens is 1. The van der Waals surface area contributed by atoms with Crippen molar-refractivity contribution < 1.29 is 28.0 Å². The number of rotatable bonds is 6. The van der Waals surface area contributed by atoms with Crippen LogP contribution in [0.15, 0.2) is 59.1 Å². The van der Waals surface area contributed by atoms with E-state index in [2.05, 4.69) is 21.1 Å². The Balaban J connectivity index is 1.38. The number of ether oxygens (including phenoxy) is 1. The van der Waals surface area contributed by atoms with Gasteiger partial charge in [0.15, 0.2) is 0 Å². The largest absolute Gasteiger partial charge is 0.467 e. The van der Waals surface area contributed by atoms with E-state index in [1.165, 1.54) is 37.4 Å². The molecule has 1 fully saturated rings. The molecule has 10 heteroatoms. The van der Waals surface area contributed by atoms with Crippen LogP contribution in [0.25, 0.3) is 11.3 Å². The average molecular weight is 466 g/mol. The highest BCUT2D eigenvalue weighted by Crippen LogP contribution is 2.31. The number of carbonyl (C=O) groups is 3. The standard InChI is InChI=1S/C24H23FN4O5/c1-33-22(31)24(12-2-3-13-24)28-21(30)20-14-19(29-34-20)15-4-8-17(9-5-15)26-23(32)27-18-10-6-16(25)7-11-18/h4-11,14H,2-3,12-13H2,1H3,(H,28,30)(H2,26,27,32). The lowest BCUT2D eigenvalue weighted by molar-refractivity contribution is -0.148. The summed E-state index contributed by atoms with van der Waals surface area (Å²) in [6, 6.07) is 13.2. The number of esters is 1. The summed E-state index contributed by atoms with van der Waals surface area (Å²) in [7, 11) is 1.30. The number of carbonyl (C=O) groups excluding carboxylic acids is 3. The van der Waals surface area contributed by atoms with Gasteiger partial charge in [-0.3, -0.25) is 4.79 Å². The predicted octanol–water partition coefficient (Wildman–Crippen LogP) is 4.34. The van der Waals surface area contributed by atoms with Crippen molar-refractivity contribution in [1.82, 2.24) is 10.5 Å². The van der Waals surface area contributed by atoms with Crippen molar-refractivity contribution in [2.24, 2.45) is 0 Å². The van der Waals surface area contributed by atoms with E-state index >= 15 is 0 Å². The van der Waals surface area contributed by atoms with E-state index in [-0.39, 0.29) is 5.76 Å². The summed E-state index contributed by atoms with van der Waals surface area (Å²) in [4.78, 5) is 37.0. The van der Waals surface area contributed by atoms with Crippen molar-refractivity contribution >= 4 is 29.3 Å². The minimum atomic E-state index is -1.04. The molecule has 0 bridgehead atoms. The molecule has 0 saturated heterocycles. The number of nitrogens with one attached hydrogen (secondary N) is 3. The lowest BCUT2D eigenvalue weighted by atomic mass is 9.97. The molecule has 2 aromatic carbocycles. The maximum atomic E-state index is 13.0. The Morgan fingerprint density at radius 2 is 1.56 bits per heavy atom. The number of anilines is 2. The minimum Gasteiger partial charge on any atom is -0.467 e. The van der Waals surface area contributed by atoms with Crippen molar-refractivity contribution in [3.05, 3.63) is 66.2 Å². The summed E-state index contributed by atoms with van der Waals surface area (Å²) >= 11 is 0. The molecule has 1 saturated carbocycles. The fourth-order valence-electron chi connectivity index (χ4n) is 3.90. The lowest BCUT2D eigenvalue weighted by Crippen LogP contribution is -2.53. The van der Waals surface area contributed by atoms with E-state index < -0.39 is 29.3 Å². The minimum absolute atomic E-state index is 0.0222. The van der Waals surface area contributed by atoms with Crippen LogP contribution in [-0.2, 0) is 9.53 Å². The van der Waals surface area contributed by atoms with Crippen LogP contribution in [-0.4, -0.2) is 35.7 Å². The molecule has 0 spiro atoms. The molecule has 9 nitrogen and oxygen atoms in total. The molecule has 1 aromatic heterocycles. The first-order valence-electron chi connectivity index (χ1n) is 10.7. The monoisotopic (exact) mass is 466 g/mol. The molecular formula is C24H23FN4O5. The molecule has 1 aliphatic rings. The quantitative estimate of drug-likeness (QED) is 0.465. The molecule has 3 N–H and O–H groups in total. The molecule has 0 atom stereocenters. The van der Waals surface area contributed by atoms with Crippen LogP contribution in [0.4, 0.5) is 20.6 Å². The normalized spacial score (nSPS) is 14.3. The number of hydrogen-bond donors (Lipinski definition) is 3. The summed E-state index contributed by atoms with van der Waals surface area (Å²) in [5.74, 6) is -1.42. The zero-order chi connectivity index (χ0) is 24.1. The molecule has 176 valence electrons. The molecule has 0 radical (unpaired) electrons. The highest BCUT2D eigenvalue weighted by Gasteiger charge is 2.44. The molecule has 4 rings (SSSR count). The average Bonchev–Trinajstić information content (AvgIpc) is 3.51. The van der Waals surface area contributed by atoms with E-state index in [1.54, 1.807) is 24.3 Å². The Morgan fingerprint density at radius 3 is 2.15 bits per heavy atom. The second kappa shape index (κ2) is 9.74. The molecule has 0 unspecified atom stereocenters. The summed E-state index contributed by atoms with van der Waals surface area (Å²) in [5.41, 5.74) is 1.02. The van der Waals surface area contributed by atoms with Gasteiger partial charge in [-0.05, 0) is 49.2 Å². The van der Waals surface area contributed by atoms with Crippen LogP contribution in [0.2, 0.25) is 0 Å². The molecular weight excluding hydrogens is 443 g/mol. The zero-order valence-corrected chi connectivity index (χ0v) is 18.4. The highest BCUT2D eigenvalue weighted by atomic mass is 19.1. The zero-order valence-electron chi connectivity index (χ0n) is 18.4. The lowest BCUT2D eigenvalue weighted by Gasteiger charge is -2.26. The Morgan fingerprint density at radius 1 is 0.971 bits per heavy atom. The summed E-state index contributed by atoms with van der Waals surface area (Å²) in [6.07, 6.45) is 2.66. The van der Waals surface area contributed by atoms with Crippen molar-refractivity contribution in [1.29, 1.82) is 0 Å². The number of methoxy groups -OCH3 is 1. The fraction of sp³-hybridized carbons (Fsp3) is 0.250. The molecule has 0 aliphatic heterocycles. The first-order chi connectivity index (χ1) is 16.4. The highest BCUT2D eigenvalue weighted by molar-refractivity contribution is 6.00. The van der Waals surface area contributed by atoms with Gasteiger partial charge in [0.05, 0.1) is 7.11 Å². The molecule has 3 amide bonds. The third-order valence-electron chi connectivity index (χ3n) is 5.66. The second-order valence-corrected chi connectivity index (χ2v) is 7.97. The number of nitrogens with zero attached hydrogens (tertiary/aromatic N) is 1.